The summed E-state index contributed by atoms with van der Waals surface area (Å²) in [4.78, 5) is 10.0. The second-order valence-corrected chi connectivity index (χ2v) is 8.72. The van der Waals surface area contributed by atoms with E-state index in [0.29, 0.717) is 0 Å². The first-order valence-electron chi connectivity index (χ1n) is 5.66. The van der Waals surface area contributed by atoms with Gasteiger partial charge in [-0.05, 0) is 12.5 Å². The lowest BCUT2D eigenvalue weighted by Gasteiger charge is -2.13. The smallest absolute Gasteiger partial charge is 0.263 e. The van der Waals surface area contributed by atoms with Gasteiger partial charge in [0.1, 0.15) is 5.75 Å². The fourth-order valence-corrected chi connectivity index (χ4v) is 6.99. The third-order valence-electron chi connectivity index (χ3n) is 3.27. The monoisotopic (exact) mass is 423 g/mol. The Bertz CT molecular complexity index is 687. The number of nitro groups is 1. The molecule has 2 atom stereocenters. The summed E-state index contributed by atoms with van der Waals surface area (Å²) in [5.74, 6) is -0.566. The van der Waals surface area contributed by atoms with Gasteiger partial charge >= 0.3 is 4.45 Å². The lowest BCUT2D eigenvalue weighted by molar-refractivity contribution is -0.518. The van der Waals surface area contributed by atoms with Crippen molar-refractivity contribution < 1.29 is 13.3 Å². The second-order valence-electron chi connectivity index (χ2n) is 4.54. The lowest BCUT2D eigenvalue weighted by atomic mass is 10.1. The summed E-state index contributed by atoms with van der Waals surface area (Å²) in [6.07, 6.45) is 0. The van der Waals surface area contributed by atoms with E-state index in [-0.39, 0.29) is 10.5 Å². The van der Waals surface area contributed by atoms with Gasteiger partial charge in [0.25, 0.3) is 0 Å². The number of allylic oxidation sites excluding steroid dienone is 1. The van der Waals surface area contributed by atoms with Crippen LogP contribution in [-0.2, 0) is 9.84 Å². The highest BCUT2D eigenvalue weighted by atomic mass is 79.9. The van der Waals surface area contributed by atoms with Crippen molar-refractivity contribution in [1.29, 1.82) is 0 Å². The van der Waals surface area contributed by atoms with Crippen molar-refractivity contribution in [2.75, 3.05) is 5.75 Å². The van der Waals surface area contributed by atoms with Crippen LogP contribution in [0.25, 0.3) is 0 Å². The Morgan fingerprint density at radius 2 is 1.90 bits per heavy atom. The average molecular weight is 425 g/mol. The SMILES string of the molecule is CC1=C([C@@H](Br)c2ccccc2)S(=O)(=O)C[C@]1(Br)[N+](=O)[O-]. The van der Waals surface area contributed by atoms with Crippen LogP contribution in [0.4, 0.5) is 0 Å². The number of sulfone groups is 1. The molecule has 0 amide bonds. The molecule has 1 aliphatic heterocycles. The molecule has 2 rings (SSSR count). The van der Waals surface area contributed by atoms with Crippen LogP contribution in [0.2, 0.25) is 0 Å². The molecule has 0 radical (unpaired) electrons. The number of benzene rings is 1. The van der Waals surface area contributed by atoms with Crippen molar-refractivity contribution in [2.24, 2.45) is 0 Å². The van der Waals surface area contributed by atoms with E-state index in [0.717, 1.165) is 5.56 Å². The molecule has 0 N–H and O–H groups in total. The van der Waals surface area contributed by atoms with Gasteiger partial charge in [-0.2, -0.15) is 0 Å². The van der Waals surface area contributed by atoms with E-state index in [2.05, 4.69) is 31.9 Å². The van der Waals surface area contributed by atoms with E-state index in [9.17, 15) is 18.5 Å². The summed E-state index contributed by atoms with van der Waals surface area (Å²) < 4.78 is 22.8. The maximum Gasteiger partial charge on any atom is 0.310 e. The zero-order valence-electron chi connectivity index (χ0n) is 10.4. The minimum absolute atomic E-state index is 0.0669. The lowest BCUT2D eigenvalue weighted by Crippen LogP contribution is -2.34. The molecule has 0 saturated heterocycles. The molecule has 0 saturated carbocycles. The largest absolute Gasteiger partial charge is 0.310 e. The van der Waals surface area contributed by atoms with Crippen LogP contribution < -0.4 is 0 Å². The van der Waals surface area contributed by atoms with Crippen LogP contribution in [-0.4, -0.2) is 23.5 Å². The Kier molecular flexibility index (Phi) is 4.10. The molecule has 5 nitrogen and oxygen atoms in total. The van der Waals surface area contributed by atoms with Gasteiger partial charge in [0.15, 0.2) is 9.84 Å². The molecule has 0 fully saturated rings. The standard InChI is InChI=1S/C12H11Br2NO4S/c1-8-11(10(13)9-5-3-2-4-6-9)20(18,19)7-12(8,14)15(16)17/h2-6,10H,7H2,1H3/t10-,12-/m0/s1. The Hall–Kier alpha value is -0.730. The molecule has 0 unspecified atom stereocenters. The van der Waals surface area contributed by atoms with Crippen molar-refractivity contribution in [3.05, 3.63) is 56.5 Å². The van der Waals surface area contributed by atoms with Crippen molar-refractivity contribution in [3.63, 3.8) is 0 Å². The van der Waals surface area contributed by atoms with Gasteiger partial charge in [0.05, 0.1) is 9.73 Å². The average Bonchev–Trinajstić information content (AvgIpc) is 2.57. The van der Waals surface area contributed by atoms with E-state index in [1.807, 2.05) is 6.07 Å². The van der Waals surface area contributed by atoms with Crippen LogP contribution in [0.3, 0.4) is 0 Å². The molecular formula is C12H11Br2NO4S. The molecular weight excluding hydrogens is 414 g/mol. The van der Waals surface area contributed by atoms with Crippen molar-refractivity contribution >= 4 is 41.7 Å². The zero-order valence-corrected chi connectivity index (χ0v) is 14.4. The van der Waals surface area contributed by atoms with Gasteiger partial charge in [-0.25, -0.2) is 8.42 Å². The molecule has 1 heterocycles. The fourth-order valence-electron chi connectivity index (χ4n) is 2.17. The normalized spacial score (nSPS) is 26.6. The Morgan fingerprint density at radius 3 is 2.35 bits per heavy atom. The number of nitrogens with zero attached hydrogens (tertiary/aromatic N) is 1. The van der Waals surface area contributed by atoms with Crippen LogP contribution >= 0.6 is 31.9 Å². The first-order valence-corrected chi connectivity index (χ1v) is 9.02. The Morgan fingerprint density at radius 1 is 1.35 bits per heavy atom. The molecule has 108 valence electrons. The summed E-state index contributed by atoms with van der Waals surface area (Å²) in [5.41, 5.74) is 0.957. The quantitative estimate of drug-likeness (QED) is 0.323. The number of alkyl halides is 2. The summed E-state index contributed by atoms with van der Waals surface area (Å²) in [5, 5.41) is 11.2. The van der Waals surface area contributed by atoms with Gasteiger partial charge in [-0.15, -0.1) is 0 Å². The number of halogens is 2. The summed E-state index contributed by atoms with van der Waals surface area (Å²) >= 11 is 6.32. The molecule has 0 aromatic heterocycles. The molecule has 8 heteroatoms. The Balaban J connectivity index is 2.59. The summed E-state index contributed by atoms with van der Waals surface area (Å²) in [7, 11) is -3.69. The van der Waals surface area contributed by atoms with Crippen LogP contribution in [0.5, 0.6) is 0 Å². The number of hydrogen-bond acceptors (Lipinski definition) is 4. The van der Waals surface area contributed by atoms with Crippen molar-refractivity contribution in [1.82, 2.24) is 0 Å². The molecule has 20 heavy (non-hydrogen) atoms. The van der Waals surface area contributed by atoms with Gasteiger partial charge in [-0.3, -0.25) is 10.1 Å². The van der Waals surface area contributed by atoms with Crippen LogP contribution in [0, 0.1) is 10.1 Å². The molecule has 1 aromatic rings. The summed E-state index contributed by atoms with van der Waals surface area (Å²) in [6.45, 7) is 1.48. The van der Waals surface area contributed by atoms with E-state index in [4.69, 9.17) is 0 Å². The first-order chi connectivity index (χ1) is 9.20. The van der Waals surface area contributed by atoms with Gasteiger partial charge in [-0.1, -0.05) is 46.3 Å². The second kappa shape index (κ2) is 5.23. The molecule has 0 spiro atoms. The molecule has 1 aliphatic rings. The van der Waals surface area contributed by atoms with Gasteiger partial charge in [0, 0.05) is 26.4 Å². The zero-order chi connectivity index (χ0) is 15.1. The van der Waals surface area contributed by atoms with Gasteiger partial charge in [0.2, 0.25) is 0 Å². The third-order valence-corrected chi connectivity index (χ3v) is 8.11. The van der Waals surface area contributed by atoms with E-state index in [1.165, 1.54) is 6.92 Å². The molecule has 0 aliphatic carbocycles. The third kappa shape index (κ3) is 2.44. The highest BCUT2D eigenvalue weighted by molar-refractivity contribution is 9.10. The van der Waals surface area contributed by atoms with Gasteiger partial charge < -0.3 is 0 Å². The van der Waals surface area contributed by atoms with Crippen molar-refractivity contribution in [3.8, 4) is 0 Å². The minimum atomic E-state index is -3.69. The number of hydrogen-bond donors (Lipinski definition) is 0. The predicted molar refractivity (Wildman–Crippen MR) is 83.2 cm³/mol. The fraction of sp³-hybridized carbons (Fsp3) is 0.333. The maximum atomic E-state index is 12.3. The maximum absolute atomic E-state index is 12.3. The van der Waals surface area contributed by atoms with Crippen LogP contribution in [0.15, 0.2) is 40.8 Å². The topological polar surface area (TPSA) is 77.3 Å². The van der Waals surface area contributed by atoms with E-state index in [1.54, 1.807) is 24.3 Å². The predicted octanol–water partition coefficient (Wildman–Crippen LogP) is 3.19. The Labute approximate surface area is 133 Å². The van der Waals surface area contributed by atoms with Crippen molar-refractivity contribution in [2.45, 2.75) is 16.2 Å². The minimum Gasteiger partial charge on any atom is -0.263 e. The van der Waals surface area contributed by atoms with Crippen LogP contribution in [0.1, 0.15) is 17.3 Å². The van der Waals surface area contributed by atoms with E-state index >= 15 is 0 Å². The molecule has 1 aromatic carbocycles. The highest BCUT2D eigenvalue weighted by Crippen LogP contribution is 2.48. The number of rotatable bonds is 3. The van der Waals surface area contributed by atoms with E-state index < -0.39 is 29.8 Å². The first kappa shape index (κ1) is 15.7. The molecule has 0 bridgehead atoms. The summed E-state index contributed by atoms with van der Waals surface area (Å²) in [6, 6.07) is 8.94. The highest BCUT2D eigenvalue weighted by Gasteiger charge is 2.56.